The Morgan fingerprint density at radius 2 is 1.74 bits per heavy atom. The van der Waals surface area contributed by atoms with Crippen molar-refractivity contribution in [3.63, 3.8) is 0 Å². The maximum Gasteiger partial charge on any atom is 0.282 e. The Morgan fingerprint density at radius 1 is 1.10 bits per heavy atom. The Hall–Kier alpha value is -3.86. The highest BCUT2D eigenvalue weighted by atomic mass is 16.6. The van der Waals surface area contributed by atoms with Crippen LogP contribution >= 0.6 is 0 Å². The topological polar surface area (TPSA) is 177 Å². The lowest BCUT2D eigenvalue weighted by Gasteiger charge is -2.12. The molecule has 5 N–H and O–H groups in total. The van der Waals surface area contributed by atoms with Crippen molar-refractivity contribution in [3.8, 4) is 5.75 Å². The largest absolute Gasteiger partial charge is 0.508 e. The lowest BCUT2D eigenvalue weighted by atomic mass is 10.1. The first-order chi connectivity index (χ1) is 14.8. The van der Waals surface area contributed by atoms with Crippen LogP contribution in [-0.4, -0.2) is 41.0 Å². The van der Waals surface area contributed by atoms with E-state index in [9.17, 15) is 29.7 Å². The van der Waals surface area contributed by atoms with Gasteiger partial charge in [-0.1, -0.05) is 12.1 Å². The van der Waals surface area contributed by atoms with Crippen LogP contribution in [0.1, 0.15) is 28.8 Å². The van der Waals surface area contributed by atoms with E-state index in [1.54, 1.807) is 12.1 Å². The van der Waals surface area contributed by atoms with Crippen LogP contribution in [0.5, 0.6) is 5.75 Å². The van der Waals surface area contributed by atoms with Crippen LogP contribution in [0.25, 0.3) is 0 Å². The minimum Gasteiger partial charge on any atom is -0.508 e. The van der Waals surface area contributed by atoms with Gasteiger partial charge in [0.2, 0.25) is 5.91 Å². The van der Waals surface area contributed by atoms with Gasteiger partial charge in [-0.05, 0) is 54.3 Å². The van der Waals surface area contributed by atoms with Gasteiger partial charge in [0.1, 0.15) is 17.0 Å². The van der Waals surface area contributed by atoms with E-state index in [0.717, 1.165) is 23.8 Å². The number of hydrogen-bond donors (Lipinski definition) is 4. The highest BCUT2D eigenvalue weighted by Gasteiger charge is 2.20. The smallest absolute Gasteiger partial charge is 0.282 e. The molecule has 0 spiro atoms. The van der Waals surface area contributed by atoms with Crippen molar-refractivity contribution in [3.05, 3.63) is 68.6 Å². The molecule has 2 rings (SSSR count). The molecule has 0 saturated heterocycles. The highest BCUT2D eigenvalue weighted by molar-refractivity contribution is 5.99. The molecule has 0 aliphatic rings. The molecule has 2 aromatic rings. The normalized spacial score (nSPS) is 11.4. The van der Waals surface area contributed by atoms with Gasteiger partial charge in [-0.15, -0.1) is 4.91 Å². The van der Waals surface area contributed by atoms with Gasteiger partial charge in [0, 0.05) is 19.2 Å². The summed E-state index contributed by atoms with van der Waals surface area (Å²) in [5.74, 6) is -0.861. The zero-order valence-electron chi connectivity index (χ0n) is 16.6. The van der Waals surface area contributed by atoms with Crippen molar-refractivity contribution in [1.82, 2.24) is 10.6 Å². The molecule has 0 heterocycles. The third-order valence-electron chi connectivity index (χ3n) is 4.44. The zero-order chi connectivity index (χ0) is 22.8. The molecular formula is C20H23N5O6. The fraction of sp³-hybridized carbons (Fsp3) is 0.300. The third-order valence-corrected chi connectivity index (χ3v) is 4.44. The van der Waals surface area contributed by atoms with Gasteiger partial charge in [0.15, 0.2) is 0 Å². The molecule has 164 valence electrons. The van der Waals surface area contributed by atoms with Crippen LogP contribution in [0.4, 0.5) is 11.4 Å². The van der Waals surface area contributed by atoms with Crippen molar-refractivity contribution in [2.24, 2.45) is 10.9 Å². The second kappa shape index (κ2) is 11.4. The number of unbranched alkanes of at least 4 members (excludes halogenated alkanes) is 1. The maximum absolute atomic E-state index is 12.2. The molecule has 0 aliphatic carbocycles. The number of amides is 2. The number of benzene rings is 2. The summed E-state index contributed by atoms with van der Waals surface area (Å²) < 4.78 is 0. The minimum absolute atomic E-state index is 0.0814. The van der Waals surface area contributed by atoms with Gasteiger partial charge in [-0.3, -0.25) is 19.7 Å². The van der Waals surface area contributed by atoms with E-state index in [0.29, 0.717) is 25.8 Å². The molecule has 31 heavy (non-hydrogen) atoms. The monoisotopic (exact) mass is 429 g/mol. The van der Waals surface area contributed by atoms with E-state index in [1.165, 1.54) is 12.1 Å². The molecule has 0 saturated carbocycles. The van der Waals surface area contributed by atoms with Gasteiger partial charge in [-0.2, -0.15) is 0 Å². The average molecular weight is 429 g/mol. The molecule has 11 heteroatoms. The molecule has 0 aliphatic heterocycles. The molecule has 0 fully saturated rings. The highest BCUT2D eigenvalue weighted by Crippen LogP contribution is 2.24. The van der Waals surface area contributed by atoms with Crippen molar-refractivity contribution in [2.45, 2.75) is 25.3 Å². The number of hydrogen-bond acceptors (Lipinski definition) is 8. The second-order valence-electron chi connectivity index (χ2n) is 6.78. The Kier molecular flexibility index (Phi) is 8.58. The van der Waals surface area contributed by atoms with E-state index in [1.807, 2.05) is 0 Å². The number of rotatable bonds is 11. The van der Waals surface area contributed by atoms with E-state index < -0.39 is 22.6 Å². The molecule has 0 unspecified atom stereocenters. The predicted molar refractivity (Wildman–Crippen MR) is 113 cm³/mol. The van der Waals surface area contributed by atoms with E-state index in [4.69, 9.17) is 5.73 Å². The van der Waals surface area contributed by atoms with Crippen molar-refractivity contribution in [1.29, 1.82) is 0 Å². The number of nitrogens with one attached hydrogen (secondary N) is 2. The Bertz CT molecular complexity index is 948. The fourth-order valence-electron chi connectivity index (χ4n) is 2.79. The van der Waals surface area contributed by atoms with Crippen LogP contribution < -0.4 is 16.4 Å². The number of nitrogens with two attached hydrogens (primary N) is 1. The number of aromatic hydroxyl groups is 1. The number of nitro benzene ring substituents is 1. The summed E-state index contributed by atoms with van der Waals surface area (Å²) in [5.41, 5.74) is 5.96. The number of phenolic OH excluding ortho intramolecular Hbond substituents is 1. The molecule has 11 nitrogen and oxygen atoms in total. The van der Waals surface area contributed by atoms with Gasteiger partial charge in [0.25, 0.3) is 11.6 Å². The Labute approximate surface area is 177 Å². The third kappa shape index (κ3) is 7.16. The Morgan fingerprint density at radius 3 is 2.35 bits per heavy atom. The van der Waals surface area contributed by atoms with Gasteiger partial charge in [-0.25, -0.2) is 0 Å². The summed E-state index contributed by atoms with van der Waals surface area (Å²) in [5, 5.41) is 28.3. The fourth-order valence-corrected chi connectivity index (χ4v) is 2.79. The number of carbonyl (C=O) groups excluding carboxylic acids is 2. The second-order valence-corrected chi connectivity index (χ2v) is 6.78. The number of phenols is 1. The van der Waals surface area contributed by atoms with E-state index in [-0.39, 0.29) is 29.5 Å². The number of carbonyl (C=O) groups is 2. The maximum atomic E-state index is 12.2. The number of nitroso groups, excluding NO2 is 1. The van der Waals surface area contributed by atoms with Crippen LogP contribution in [0.3, 0.4) is 0 Å². The molecule has 2 aromatic carbocycles. The summed E-state index contributed by atoms with van der Waals surface area (Å²) in [6.07, 6.45) is 1.39. The quantitative estimate of drug-likeness (QED) is 0.182. The summed E-state index contributed by atoms with van der Waals surface area (Å²) >= 11 is 0. The van der Waals surface area contributed by atoms with Crippen molar-refractivity contribution >= 4 is 23.2 Å². The minimum atomic E-state index is -0.733. The van der Waals surface area contributed by atoms with Crippen molar-refractivity contribution in [2.75, 3.05) is 13.1 Å². The van der Waals surface area contributed by atoms with Gasteiger partial charge < -0.3 is 21.5 Å². The molecule has 0 bridgehead atoms. The number of nitrogens with zero attached hydrogens (tertiary/aromatic N) is 2. The Balaban J connectivity index is 1.71. The van der Waals surface area contributed by atoms with E-state index in [2.05, 4.69) is 15.8 Å². The molecule has 2 amide bonds. The van der Waals surface area contributed by atoms with E-state index >= 15 is 0 Å². The SMILES string of the molecule is N[C@@H](Cc1ccc(O)cc1)C(=O)NCCCCNC(=O)c1cc(N=O)ccc1[N+](=O)[O-]. The standard InChI is InChI=1S/C20H23N5O6/c21-17(11-13-3-6-15(26)7-4-13)20(28)23-10-2-1-9-22-19(27)16-12-14(24-29)5-8-18(16)25(30)31/h3-8,12,17,26H,1-2,9-11,21H2,(H,22,27)(H,23,28)/t17-/m0/s1. The summed E-state index contributed by atoms with van der Waals surface area (Å²) in [7, 11) is 0. The summed E-state index contributed by atoms with van der Waals surface area (Å²) in [6.45, 7) is 0.576. The molecule has 1 atom stereocenters. The predicted octanol–water partition coefficient (Wildman–Crippen LogP) is 1.89. The summed E-state index contributed by atoms with van der Waals surface area (Å²) in [4.78, 5) is 45.2. The first-order valence-electron chi connectivity index (χ1n) is 9.53. The lowest BCUT2D eigenvalue weighted by molar-refractivity contribution is -0.385. The average Bonchev–Trinajstić information content (AvgIpc) is 2.76. The van der Waals surface area contributed by atoms with Crippen LogP contribution in [0.15, 0.2) is 47.6 Å². The summed E-state index contributed by atoms with van der Waals surface area (Å²) in [6, 6.07) is 8.98. The van der Waals surface area contributed by atoms with Crippen LogP contribution in [-0.2, 0) is 11.2 Å². The first-order valence-corrected chi connectivity index (χ1v) is 9.53. The lowest BCUT2D eigenvalue weighted by Crippen LogP contribution is -2.42. The molecular weight excluding hydrogens is 406 g/mol. The van der Waals surface area contributed by atoms with Crippen LogP contribution in [0, 0.1) is 15.0 Å². The van der Waals surface area contributed by atoms with Crippen molar-refractivity contribution < 1.29 is 19.6 Å². The van der Waals surface area contributed by atoms with Crippen LogP contribution in [0.2, 0.25) is 0 Å². The number of nitro groups is 1. The van der Waals surface area contributed by atoms with Gasteiger partial charge >= 0.3 is 0 Å². The molecule has 0 aromatic heterocycles. The molecule has 0 radical (unpaired) electrons. The first kappa shape index (κ1) is 23.4. The van der Waals surface area contributed by atoms with Gasteiger partial charge in [0.05, 0.1) is 11.0 Å². The zero-order valence-corrected chi connectivity index (χ0v) is 16.6.